The molecule has 3 heteroatoms. The molecule has 100 valence electrons. The van der Waals surface area contributed by atoms with Crippen LogP contribution in [-0.2, 0) is 4.74 Å². The molecular weight excluding hydrogens is 256 g/mol. The third kappa shape index (κ3) is 3.04. The molecule has 1 atom stereocenters. The quantitative estimate of drug-likeness (QED) is 0.754. The van der Waals surface area contributed by atoms with Gasteiger partial charge in [0.2, 0.25) is 0 Å². The zero-order chi connectivity index (χ0) is 13.8. The van der Waals surface area contributed by atoms with E-state index in [1.807, 2.05) is 12.1 Å². The van der Waals surface area contributed by atoms with Crippen LogP contribution in [0.25, 0.3) is 10.4 Å². The highest BCUT2D eigenvalue weighted by Gasteiger charge is 2.10. The van der Waals surface area contributed by atoms with Gasteiger partial charge in [-0.15, -0.1) is 11.3 Å². The molecule has 0 saturated carbocycles. The number of thiophene rings is 1. The van der Waals surface area contributed by atoms with Gasteiger partial charge in [-0.2, -0.15) is 0 Å². The number of rotatable bonds is 4. The minimum Gasteiger partial charge on any atom is -0.465 e. The molecule has 19 heavy (non-hydrogen) atoms. The minimum absolute atomic E-state index is 0.271. The van der Waals surface area contributed by atoms with Gasteiger partial charge >= 0.3 is 5.97 Å². The molecule has 0 radical (unpaired) electrons. The normalized spacial score (nSPS) is 12.2. The van der Waals surface area contributed by atoms with Crippen molar-refractivity contribution in [3.63, 3.8) is 0 Å². The lowest BCUT2D eigenvalue weighted by Crippen LogP contribution is -1.96. The molecule has 2 rings (SSSR count). The molecule has 0 N–H and O–H groups in total. The van der Waals surface area contributed by atoms with Gasteiger partial charge in [-0.25, -0.2) is 4.79 Å². The summed E-state index contributed by atoms with van der Waals surface area (Å²) in [6.07, 6.45) is 1.14. The van der Waals surface area contributed by atoms with Gasteiger partial charge in [-0.1, -0.05) is 38.1 Å². The molecule has 1 aromatic carbocycles. The Morgan fingerprint density at radius 3 is 2.47 bits per heavy atom. The first kappa shape index (κ1) is 13.8. The fraction of sp³-hybridized carbons (Fsp3) is 0.312. The van der Waals surface area contributed by atoms with Crippen LogP contribution in [-0.4, -0.2) is 13.1 Å². The second-order valence-electron chi connectivity index (χ2n) is 4.59. The van der Waals surface area contributed by atoms with Crippen LogP contribution in [0.15, 0.2) is 36.4 Å². The van der Waals surface area contributed by atoms with E-state index in [1.165, 1.54) is 24.0 Å². The number of methoxy groups -OCH3 is 1. The topological polar surface area (TPSA) is 26.3 Å². The number of hydrogen-bond acceptors (Lipinski definition) is 3. The second kappa shape index (κ2) is 6.02. The van der Waals surface area contributed by atoms with Crippen LogP contribution in [0.1, 0.15) is 41.4 Å². The van der Waals surface area contributed by atoms with Crippen molar-refractivity contribution in [1.82, 2.24) is 0 Å². The summed E-state index contributed by atoms with van der Waals surface area (Å²) in [6, 6.07) is 12.4. The molecule has 0 saturated heterocycles. The molecule has 0 aliphatic heterocycles. The Hall–Kier alpha value is -1.61. The van der Waals surface area contributed by atoms with Crippen LogP contribution in [0, 0.1) is 0 Å². The Labute approximate surface area is 118 Å². The highest BCUT2D eigenvalue weighted by atomic mass is 32.1. The summed E-state index contributed by atoms with van der Waals surface area (Å²) in [7, 11) is 1.41. The zero-order valence-electron chi connectivity index (χ0n) is 11.5. The molecule has 1 heterocycles. The van der Waals surface area contributed by atoms with E-state index in [2.05, 4.69) is 38.1 Å². The van der Waals surface area contributed by atoms with Crippen molar-refractivity contribution < 1.29 is 9.53 Å². The molecule has 2 aromatic rings. The van der Waals surface area contributed by atoms with Crippen LogP contribution < -0.4 is 0 Å². The predicted octanol–water partition coefficient (Wildman–Crippen LogP) is 4.72. The van der Waals surface area contributed by atoms with Crippen molar-refractivity contribution in [2.24, 2.45) is 0 Å². The monoisotopic (exact) mass is 274 g/mol. The summed E-state index contributed by atoms with van der Waals surface area (Å²) < 4.78 is 4.72. The summed E-state index contributed by atoms with van der Waals surface area (Å²) in [4.78, 5) is 13.2. The SMILES string of the molecule is CCC(C)c1ccc(-c2ccc(C(=O)OC)s2)cc1. The second-order valence-corrected chi connectivity index (χ2v) is 5.67. The lowest BCUT2D eigenvalue weighted by molar-refractivity contribution is 0.0606. The summed E-state index contributed by atoms with van der Waals surface area (Å²) in [5, 5.41) is 0. The summed E-state index contributed by atoms with van der Waals surface area (Å²) in [6.45, 7) is 4.43. The number of carbonyl (C=O) groups excluding carboxylic acids is 1. The highest BCUT2D eigenvalue weighted by molar-refractivity contribution is 7.17. The van der Waals surface area contributed by atoms with Crippen molar-refractivity contribution in [3.05, 3.63) is 46.8 Å². The van der Waals surface area contributed by atoms with Gasteiger partial charge in [0.25, 0.3) is 0 Å². The highest BCUT2D eigenvalue weighted by Crippen LogP contribution is 2.30. The van der Waals surface area contributed by atoms with E-state index in [4.69, 9.17) is 4.74 Å². The summed E-state index contributed by atoms with van der Waals surface area (Å²) in [5.74, 6) is 0.315. The largest absolute Gasteiger partial charge is 0.465 e. The number of ether oxygens (including phenoxy) is 1. The van der Waals surface area contributed by atoms with Gasteiger partial charge in [0.1, 0.15) is 4.88 Å². The Morgan fingerprint density at radius 1 is 1.21 bits per heavy atom. The third-order valence-electron chi connectivity index (χ3n) is 3.37. The van der Waals surface area contributed by atoms with Crippen LogP contribution in [0.2, 0.25) is 0 Å². The summed E-state index contributed by atoms with van der Waals surface area (Å²) in [5.41, 5.74) is 2.50. The van der Waals surface area contributed by atoms with Crippen LogP contribution in [0.3, 0.4) is 0 Å². The Balaban J connectivity index is 2.22. The molecular formula is C16H18O2S. The van der Waals surface area contributed by atoms with Gasteiger partial charge < -0.3 is 4.74 Å². The van der Waals surface area contributed by atoms with E-state index in [9.17, 15) is 4.79 Å². The molecule has 0 aliphatic rings. The van der Waals surface area contributed by atoms with E-state index < -0.39 is 0 Å². The maximum absolute atomic E-state index is 11.4. The van der Waals surface area contributed by atoms with Crippen LogP contribution in [0.5, 0.6) is 0 Å². The number of hydrogen-bond donors (Lipinski definition) is 0. The van der Waals surface area contributed by atoms with Crippen LogP contribution in [0.4, 0.5) is 0 Å². The third-order valence-corrected chi connectivity index (χ3v) is 4.48. The lowest BCUT2D eigenvalue weighted by Gasteiger charge is -2.09. The van der Waals surface area contributed by atoms with Gasteiger partial charge in [0.15, 0.2) is 0 Å². The number of carbonyl (C=O) groups is 1. The molecule has 0 aliphatic carbocycles. The standard InChI is InChI=1S/C16H18O2S/c1-4-11(2)12-5-7-13(8-6-12)14-9-10-15(19-14)16(17)18-3/h5-11H,4H2,1-3H3. The Morgan fingerprint density at radius 2 is 1.89 bits per heavy atom. The molecule has 0 bridgehead atoms. The average molecular weight is 274 g/mol. The van der Waals surface area contributed by atoms with Crippen molar-refractivity contribution in [2.75, 3.05) is 7.11 Å². The maximum atomic E-state index is 11.4. The predicted molar refractivity (Wildman–Crippen MR) is 79.8 cm³/mol. The van der Waals surface area contributed by atoms with E-state index in [0.717, 1.165) is 16.9 Å². The first-order valence-electron chi connectivity index (χ1n) is 6.44. The van der Waals surface area contributed by atoms with E-state index in [0.29, 0.717) is 10.8 Å². The lowest BCUT2D eigenvalue weighted by atomic mass is 9.97. The van der Waals surface area contributed by atoms with E-state index >= 15 is 0 Å². The minimum atomic E-state index is -0.271. The molecule has 0 amide bonds. The number of benzene rings is 1. The van der Waals surface area contributed by atoms with Crippen molar-refractivity contribution >= 4 is 17.3 Å². The Kier molecular flexibility index (Phi) is 4.38. The molecule has 0 spiro atoms. The first-order valence-corrected chi connectivity index (χ1v) is 7.25. The van der Waals surface area contributed by atoms with Crippen molar-refractivity contribution in [1.29, 1.82) is 0 Å². The molecule has 2 nitrogen and oxygen atoms in total. The fourth-order valence-corrected chi connectivity index (χ4v) is 2.84. The van der Waals surface area contributed by atoms with Gasteiger partial charge in [-0.3, -0.25) is 0 Å². The van der Waals surface area contributed by atoms with Crippen molar-refractivity contribution in [2.45, 2.75) is 26.2 Å². The van der Waals surface area contributed by atoms with Gasteiger partial charge in [-0.05, 0) is 35.6 Å². The molecule has 1 unspecified atom stereocenters. The van der Waals surface area contributed by atoms with E-state index in [1.54, 1.807) is 0 Å². The first-order chi connectivity index (χ1) is 9.15. The van der Waals surface area contributed by atoms with Gasteiger partial charge in [0, 0.05) is 4.88 Å². The maximum Gasteiger partial charge on any atom is 0.348 e. The van der Waals surface area contributed by atoms with Crippen molar-refractivity contribution in [3.8, 4) is 10.4 Å². The zero-order valence-corrected chi connectivity index (χ0v) is 12.3. The fourth-order valence-electron chi connectivity index (χ4n) is 1.91. The van der Waals surface area contributed by atoms with Crippen LogP contribution >= 0.6 is 11.3 Å². The molecule has 0 fully saturated rings. The molecule has 1 aromatic heterocycles. The van der Waals surface area contributed by atoms with Gasteiger partial charge in [0.05, 0.1) is 7.11 Å². The smallest absolute Gasteiger partial charge is 0.348 e. The van der Waals surface area contributed by atoms with E-state index in [-0.39, 0.29) is 5.97 Å². The summed E-state index contributed by atoms with van der Waals surface area (Å²) >= 11 is 1.46. The Bertz CT molecular complexity index is 554. The average Bonchev–Trinajstić information content (AvgIpc) is 2.95. The number of esters is 1.